The Labute approximate surface area is 258 Å². The maximum atomic E-state index is 16.1. The van der Waals surface area contributed by atoms with Gasteiger partial charge in [0.15, 0.2) is 0 Å². The summed E-state index contributed by atoms with van der Waals surface area (Å²) in [6, 6.07) is 12.6. The molecule has 2 amide bonds. The zero-order chi connectivity index (χ0) is 31.0. The van der Waals surface area contributed by atoms with Gasteiger partial charge in [0.2, 0.25) is 11.8 Å². The number of hydrogen-bond donors (Lipinski definition) is 2. The molecule has 3 heterocycles. The summed E-state index contributed by atoms with van der Waals surface area (Å²) in [7, 11) is 1.40. The quantitative estimate of drug-likeness (QED) is 0.345. The number of carboxylic acids is 1. The van der Waals surface area contributed by atoms with Gasteiger partial charge in [-0.15, -0.1) is 0 Å². The number of anilines is 2. The predicted molar refractivity (Wildman–Crippen MR) is 162 cm³/mol. The second kappa shape index (κ2) is 10.2. The van der Waals surface area contributed by atoms with Gasteiger partial charge in [0, 0.05) is 22.7 Å². The standard InChI is InChI=1S/C32H30Cl2FN3O5/c1-31(2,3)14-24-32(19-10-9-17(33)13-21(19)36-30(32)42)25(18-6-5-7-20(34)26(18)35)27-28(39)37(15-38(24)27)22-11-8-16(29(40)41)12-23(22)43-4/h5-13,24-25,27H,14-15H2,1-4H3,(H,36,42)(H,40,41). The first kappa shape index (κ1) is 29.4. The van der Waals surface area contributed by atoms with Crippen molar-refractivity contribution in [2.45, 2.75) is 50.6 Å². The van der Waals surface area contributed by atoms with Gasteiger partial charge >= 0.3 is 5.97 Å². The van der Waals surface area contributed by atoms with Crippen LogP contribution >= 0.6 is 23.2 Å². The van der Waals surface area contributed by atoms with E-state index in [1.54, 1.807) is 30.3 Å². The topological polar surface area (TPSA) is 99.2 Å². The zero-order valence-electron chi connectivity index (χ0n) is 24.0. The number of aromatic carboxylic acids is 1. The summed E-state index contributed by atoms with van der Waals surface area (Å²) >= 11 is 12.6. The fourth-order valence-corrected chi connectivity index (χ4v) is 7.55. The number of carbonyl (C=O) groups excluding carboxylic acids is 2. The number of carboxylic acid groups (broad SMARTS) is 1. The first-order valence-electron chi connectivity index (χ1n) is 13.8. The van der Waals surface area contributed by atoms with E-state index in [4.69, 9.17) is 27.9 Å². The number of halogens is 3. The molecule has 0 radical (unpaired) electrons. The normalized spacial score (nSPS) is 24.8. The molecule has 3 aromatic carbocycles. The Morgan fingerprint density at radius 3 is 2.56 bits per heavy atom. The molecule has 3 aliphatic rings. The molecule has 2 fully saturated rings. The minimum atomic E-state index is -1.34. The zero-order valence-corrected chi connectivity index (χ0v) is 25.5. The SMILES string of the molecule is COc1cc(C(=O)O)ccc1N1CN2C(C1=O)C(c1cccc(Cl)c1F)C1(C(=O)Nc3cc(Cl)ccc31)C2CC(C)(C)C. The molecule has 3 aromatic rings. The van der Waals surface area contributed by atoms with Crippen LogP contribution in [-0.4, -0.2) is 53.7 Å². The summed E-state index contributed by atoms with van der Waals surface area (Å²) in [5, 5.41) is 12.8. The number of benzene rings is 3. The molecule has 0 aliphatic carbocycles. The summed E-state index contributed by atoms with van der Waals surface area (Å²) < 4.78 is 21.6. The largest absolute Gasteiger partial charge is 0.495 e. The van der Waals surface area contributed by atoms with Crippen molar-refractivity contribution < 1.29 is 28.6 Å². The molecule has 4 unspecified atom stereocenters. The molecular formula is C32H30Cl2FN3O5. The van der Waals surface area contributed by atoms with E-state index in [0.717, 1.165) is 0 Å². The summed E-state index contributed by atoms with van der Waals surface area (Å²) in [5.41, 5.74) is 0.0927. The van der Waals surface area contributed by atoms with Crippen LogP contribution in [0.15, 0.2) is 54.6 Å². The van der Waals surface area contributed by atoms with Crippen LogP contribution in [0.1, 0.15) is 54.6 Å². The minimum absolute atomic E-state index is 0.00841. The number of rotatable bonds is 5. The van der Waals surface area contributed by atoms with Crippen molar-refractivity contribution in [1.29, 1.82) is 0 Å². The number of nitrogens with zero attached hydrogens (tertiary/aromatic N) is 2. The molecule has 6 rings (SSSR count). The average Bonchev–Trinajstić information content (AvgIpc) is 3.52. The Hall–Kier alpha value is -3.66. The van der Waals surface area contributed by atoms with Crippen molar-refractivity contribution in [3.05, 3.63) is 87.2 Å². The van der Waals surface area contributed by atoms with Gasteiger partial charge in [-0.3, -0.25) is 19.4 Å². The molecule has 0 bridgehead atoms. The number of amides is 2. The third-order valence-corrected chi connectivity index (χ3v) is 9.33. The Balaban J connectivity index is 1.60. The number of hydrogen-bond acceptors (Lipinski definition) is 5. The van der Waals surface area contributed by atoms with E-state index < -0.39 is 35.2 Å². The monoisotopic (exact) mass is 625 g/mol. The molecule has 4 atom stereocenters. The Morgan fingerprint density at radius 1 is 1.14 bits per heavy atom. The van der Waals surface area contributed by atoms with Gasteiger partial charge in [-0.2, -0.15) is 0 Å². The highest BCUT2D eigenvalue weighted by atomic mass is 35.5. The van der Waals surface area contributed by atoms with Crippen molar-refractivity contribution in [1.82, 2.24) is 4.90 Å². The van der Waals surface area contributed by atoms with Crippen molar-refractivity contribution >= 4 is 52.4 Å². The number of ether oxygens (including phenoxy) is 1. The van der Waals surface area contributed by atoms with Crippen molar-refractivity contribution in [3.63, 3.8) is 0 Å². The average molecular weight is 627 g/mol. The van der Waals surface area contributed by atoms with Gasteiger partial charge in [0.1, 0.15) is 17.0 Å². The molecule has 2 saturated heterocycles. The lowest BCUT2D eigenvalue weighted by Gasteiger charge is -2.40. The molecular weight excluding hydrogens is 596 g/mol. The van der Waals surface area contributed by atoms with Crippen LogP contribution in [0.5, 0.6) is 5.75 Å². The molecule has 3 aliphatic heterocycles. The van der Waals surface area contributed by atoms with E-state index in [1.807, 2.05) is 4.90 Å². The maximum Gasteiger partial charge on any atom is 0.335 e. The first-order valence-corrected chi connectivity index (χ1v) is 14.6. The highest BCUT2D eigenvalue weighted by Crippen LogP contribution is 2.62. The molecule has 0 saturated carbocycles. The minimum Gasteiger partial charge on any atom is -0.495 e. The van der Waals surface area contributed by atoms with Gasteiger partial charge in [0.05, 0.1) is 36.1 Å². The Bertz CT molecular complexity index is 1690. The van der Waals surface area contributed by atoms with Crippen LogP contribution in [0.3, 0.4) is 0 Å². The second-order valence-electron chi connectivity index (χ2n) is 12.5. The molecule has 8 nitrogen and oxygen atoms in total. The van der Waals surface area contributed by atoms with Crippen LogP contribution in [-0.2, 0) is 15.0 Å². The summed E-state index contributed by atoms with van der Waals surface area (Å²) in [6.07, 6.45) is 0.494. The maximum absolute atomic E-state index is 16.1. The second-order valence-corrected chi connectivity index (χ2v) is 13.3. The highest BCUT2D eigenvalue weighted by molar-refractivity contribution is 6.31. The van der Waals surface area contributed by atoms with E-state index in [1.165, 1.54) is 36.3 Å². The van der Waals surface area contributed by atoms with E-state index in [9.17, 15) is 19.5 Å². The van der Waals surface area contributed by atoms with Crippen molar-refractivity contribution in [2.75, 3.05) is 24.0 Å². The van der Waals surface area contributed by atoms with Crippen molar-refractivity contribution in [3.8, 4) is 5.75 Å². The van der Waals surface area contributed by atoms with Gasteiger partial charge < -0.3 is 15.2 Å². The Morgan fingerprint density at radius 2 is 1.88 bits per heavy atom. The van der Waals surface area contributed by atoms with Crippen LogP contribution < -0.4 is 15.0 Å². The van der Waals surface area contributed by atoms with E-state index in [2.05, 4.69) is 26.1 Å². The van der Waals surface area contributed by atoms with Crippen LogP contribution in [0.2, 0.25) is 10.0 Å². The summed E-state index contributed by atoms with van der Waals surface area (Å²) in [4.78, 5) is 44.1. The third kappa shape index (κ3) is 4.39. The van der Waals surface area contributed by atoms with Gasteiger partial charge in [-0.1, -0.05) is 62.2 Å². The van der Waals surface area contributed by atoms with E-state index >= 15 is 4.39 Å². The molecule has 224 valence electrons. The van der Waals surface area contributed by atoms with E-state index in [0.29, 0.717) is 28.4 Å². The molecule has 2 N–H and O–H groups in total. The highest BCUT2D eigenvalue weighted by Gasteiger charge is 2.71. The number of nitrogens with one attached hydrogen (secondary N) is 1. The lowest BCUT2D eigenvalue weighted by atomic mass is 9.62. The number of carbonyl (C=O) groups is 3. The molecule has 1 spiro atoms. The Kier molecular flexibility index (Phi) is 6.99. The summed E-state index contributed by atoms with van der Waals surface area (Å²) in [6.45, 7) is 6.25. The van der Waals surface area contributed by atoms with Crippen LogP contribution in [0, 0.1) is 11.2 Å². The number of fused-ring (bicyclic) bond motifs is 3. The third-order valence-electron chi connectivity index (χ3n) is 8.80. The fraction of sp³-hybridized carbons (Fsp3) is 0.344. The predicted octanol–water partition coefficient (Wildman–Crippen LogP) is 6.31. The molecule has 0 aromatic heterocycles. The van der Waals surface area contributed by atoms with Gasteiger partial charge in [-0.25, -0.2) is 9.18 Å². The molecule has 43 heavy (non-hydrogen) atoms. The van der Waals surface area contributed by atoms with Gasteiger partial charge in [0.25, 0.3) is 0 Å². The van der Waals surface area contributed by atoms with Crippen LogP contribution in [0.25, 0.3) is 0 Å². The molecule has 11 heteroatoms. The fourth-order valence-electron chi connectivity index (χ4n) is 7.20. The van der Waals surface area contributed by atoms with Gasteiger partial charge in [-0.05, 0) is 59.4 Å². The number of methoxy groups -OCH3 is 1. The van der Waals surface area contributed by atoms with Crippen LogP contribution in [0.4, 0.5) is 15.8 Å². The lowest BCUT2D eigenvalue weighted by Crippen LogP contribution is -2.52. The smallest absolute Gasteiger partial charge is 0.335 e. The van der Waals surface area contributed by atoms with Crippen molar-refractivity contribution in [2.24, 2.45) is 5.41 Å². The first-order chi connectivity index (χ1) is 20.3. The summed E-state index contributed by atoms with van der Waals surface area (Å²) in [5.74, 6) is -3.26. The lowest BCUT2D eigenvalue weighted by molar-refractivity contribution is -0.122. The van der Waals surface area contributed by atoms with E-state index in [-0.39, 0.29) is 45.8 Å².